The first-order valence-electron chi connectivity index (χ1n) is 8.03. The number of rotatable bonds is 6. The van der Waals surface area contributed by atoms with E-state index in [4.69, 9.17) is 4.74 Å². The Balaban J connectivity index is 1.51. The molecule has 110 valence electrons. The number of ether oxygens (including phenoxy) is 1. The minimum Gasteiger partial charge on any atom is -0.384 e. The van der Waals surface area contributed by atoms with Gasteiger partial charge in [-0.05, 0) is 44.0 Å². The highest BCUT2D eigenvalue weighted by Gasteiger charge is 2.23. The third-order valence-corrected chi connectivity index (χ3v) is 4.67. The second-order valence-electron chi connectivity index (χ2n) is 5.98. The lowest BCUT2D eigenvalue weighted by Crippen LogP contribution is -2.33. The Hall–Kier alpha value is -1.06. The highest BCUT2D eigenvalue weighted by molar-refractivity contribution is 5.57. The van der Waals surface area contributed by atoms with Crippen molar-refractivity contribution in [2.24, 2.45) is 0 Å². The fraction of sp³-hybridized carbons (Fsp3) is 0.647. The first-order valence-corrected chi connectivity index (χ1v) is 8.03. The first-order chi connectivity index (χ1) is 9.86. The molecule has 3 rings (SSSR count). The number of para-hydroxylation sites is 1. The highest BCUT2D eigenvalue weighted by Crippen LogP contribution is 2.33. The summed E-state index contributed by atoms with van der Waals surface area (Å²) in [5.41, 5.74) is 2.83. The van der Waals surface area contributed by atoms with E-state index >= 15 is 0 Å². The molecule has 1 aromatic rings. The van der Waals surface area contributed by atoms with E-state index < -0.39 is 0 Å². The molecule has 0 bridgehead atoms. The van der Waals surface area contributed by atoms with Gasteiger partial charge in [-0.1, -0.05) is 25.1 Å². The second-order valence-corrected chi connectivity index (χ2v) is 5.98. The quantitative estimate of drug-likeness (QED) is 0.862. The zero-order valence-corrected chi connectivity index (χ0v) is 12.5. The molecular formula is C17H26N2O. The maximum Gasteiger partial charge on any atom is 0.0702 e. The summed E-state index contributed by atoms with van der Waals surface area (Å²) in [7, 11) is 0. The third kappa shape index (κ3) is 3.15. The summed E-state index contributed by atoms with van der Waals surface area (Å²) in [6, 6.07) is 8.74. The molecule has 3 nitrogen and oxygen atoms in total. The van der Waals surface area contributed by atoms with E-state index in [-0.39, 0.29) is 0 Å². The van der Waals surface area contributed by atoms with Gasteiger partial charge in [0.15, 0.2) is 0 Å². The zero-order valence-electron chi connectivity index (χ0n) is 12.5. The highest BCUT2D eigenvalue weighted by atomic mass is 16.5. The summed E-state index contributed by atoms with van der Waals surface area (Å²) in [6.07, 6.45) is 4.20. The fourth-order valence-corrected chi connectivity index (χ4v) is 3.41. The monoisotopic (exact) mass is 274 g/mol. The van der Waals surface area contributed by atoms with E-state index in [1.807, 2.05) is 0 Å². The topological polar surface area (TPSA) is 24.5 Å². The average Bonchev–Trinajstić information content (AvgIpc) is 3.13. The lowest BCUT2D eigenvalue weighted by molar-refractivity contribution is 0.0740. The van der Waals surface area contributed by atoms with Crippen molar-refractivity contribution in [2.45, 2.75) is 38.2 Å². The Morgan fingerprint density at radius 3 is 3.05 bits per heavy atom. The van der Waals surface area contributed by atoms with Crippen LogP contribution in [0.15, 0.2) is 24.3 Å². The molecule has 20 heavy (non-hydrogen) atoms. The van der Waals surface area contributed by atoms with Crippen LogP contribution in [0.1, 0.15) is 37.7 Å². The number of hydrogen-bond acceptors (Lipinski definition) is 3. The maximum atomic E-state index is 5.76. The van der Waals surface area contributed by atoms with E-state index in [0.717, 1.165) is 26.2 Å². The van der Waals surface area contributed by atoms with Crippen molar-refractivity contribution in [1.29, 1.82) is 0 Å². The molecule has 0 aliphatic carbocycles. The number of nitrogens with one attached hydrogen (secondary N) is 1. The van der Waals surface area contributed by atoms with Gasteiger partial charge < -0.3 is 15.0 Å². The van der Waals surface area contributed by atoms with Gasteiger partial charge in [0.05, 0.1) is 6.10 Å². The summed E-state index contributed by atoms with van der Waals surface area (Å²) in [6.45, 7) is 7.73. The van der Waals surface area contributed by atoms with E-state index in [9.17, 15) is 0 Å². The van der Waals surface area contributed by atoms with Crippen molar-refractivity contribution in [3.05, 3.63) is 29.8 Å². The third-order valence-electron chi connectivity index (χ3n) is 4.67. The minimum atomic E-state index is 0.476. The molecule has 2 aliphatic rings. The van der Waals surface area contributed by atoms with Crippen LogP contribution in [-0.4, -0.2) is 43.8 Å². The second kappa shape index (κ2) is 6.59. The number of nitrogens with zero attached hydrogens (tertiary/aromatic N) is 1. The Morgan fingerprint density at radius 2 is 2.25 bits per heavy atom. The van der Waals surface area contributed by atoms with Crippen LogP contribution in [0, 0.1) is 0 Å². The Bertz CT molecular complexity index is 429. The molecule has 2 aliphatic heterocycles. The van der Waals surface area contributed by atoms with Gasteiger partial charge >= 0.3 is 0 Å². The Morgan fingerprint density at radius 1 is 1.35 bits per heavy atom. The largest absolute Gasteiger partial charge is 0.384 e. The molecule has 0 radical (unpaired) electrons. The molecule has 0 aromatic heterocycles. The van der Waals surface area contributed by atoms with Gasteiger partial charge in [-0.25, -0.2) is 0 Å². The standard InChI is InChI=1S/C17H26N2O/c1-2-19(13-15-6-5-11-20-15)10-9-14-12-18-17-8-4-3-7-16(14)17/h3-4,7-8,14-15,18H,2,5-6,9-13H2,1H3. The average molecular weight is 274 g/mol. The number of fused-ring (bicyclic) bond motifs is 1. The van der Waals surface area contributed by atoms with Gasteiger partial charge in [0, 0.05) is 31.3 Å². The molecule has 0 amide bonds. The van der Waals surface area contributed by atoms with Gasteiger partial charge in [-0.15, -0.1) is 0 Å². The fourth-order valence-electron chi connectivity index (χ4n) is 3.41. The normalized spacial score (nSPS) is 24.9. The van der Waals surface area contributed by atoms with Gasteiger partial charge in [-0.2, -0.15) is 0 Å². The van der Waals surface area contributed by atoms with Crippen molar-refractivity contribution in [2.75, 3.05) is 38.1 Å². The smallest absolute Gasteiger partial charge is 0.0702 e. The molecule has 0 spiro atoms. The number of anilines is 1. The molecule has 2 atom stereocenters. The van der Waals surface area contributed by atoms with Crippen molar-refractivity contribution in [3.63, 3.8) is 0 Å². The van der Waals surface area contributed by atoms with Crippen LogP contribution in [0.25, 0.3) is 0 Å². The van der Waals surface area contributed by atoms with Gasteiger partial charge in [-0.3, -0.25) is 0 Å². The summed E-state index contributed by atoms with van der Waals surface area (Å²) in [5, 5.41) is 3.52. The van der Waals surface area contributed by atoms with Crippen molar-refractivity contribution < 1.29 is 4.74 Å². The van der Waals surface area contributed by atoms with Crippen molar-refractivity contribution in [1.82, 2.24) is 4.90 Å². The number of likely N-dealkylation sites (N-methyl/N-ethyl adjacent to an activating group) is 1. The molecule has 3 heteroatoms. The lowest BCUT2D eigenvalue weighted by Gasteiger charge is -2.25. The van der Waals surface area contributed by atoms with Gasteiger partial charge in [0.25, 0.3) is 0 Å². The van der Waals surface area contributed by atoms with Crippen LogP contribution in [0.5, 0.6) is 0 Å². The Labute approximate surface area is 122 Å². The molecule has 1 aromatic carbocycles. The van der Waals surface area contributed by atoms with Crippen LogP contribution >= 0.6 is 0 Å². The first kappa shape index (κ1) is 13.9. The minimum absolute atomic E-state index is 0.476. The molecular weight excluding hydrogens is 248 g/mol. The summed E-state index contributed by atoms with van der Waals surface area (Å²) in [5.74, 6) is 0.671. The van der Waals surface area contributed by atoms with Crippen LogP contribution in [-0.2, 0) is 4.74 Å². The number of hydrogen-bond donors (Lipinski definition) is 1. The van der Waals surface area contributed by atoms with E-state index in [1.165, 1.54) is 37.1 Å². The maximum absolute atomic E-state index is 5.76. The summed E-state index contributed by atoms with van der Waals surface area (Å²) in [4.78, 5) is 2.55. The summed E-state index contributed by atoms with van der Waals surface area (Å²) < 4.78 is 5.76. The molecule has 1 N–H and O–H groups in total. The predicted molar refractivity (Wildman–Crippen MR) is 83.4 cm³/mol. The van der Waals surface area contributed by atoms with E-state index in [0.29, 0.717) is 12.0 Å². The lowest BCUT2D eigenvalue weighted by atomic mass is 9.97. The predicted octanol–water partition coefficient (Wildman–Crippen LogP) is 3.09. The molecule has 1 fully saturated rings. The molecule has 2 heterocycles. The zero-order chi connectivity index (χ0) is 13.8. The SMILES string of the molecule is CCN(CCC1CNc2ccccc21)CC1CCCO1. The summed E-state index contributed by atoms with van der Waals surface area (Å²) >= 11 is 0. The van der Waals surface area contributed by atoms with Crippen molar-refractivity contribution >= 4 is 5.69 Å². The van der Waals surface area contributed by atoms with Crippen LogP contribution in [0.4, 0.5) is 5.69 Å². The van der Waals surface area contributed by atoms with Crippen LogP contribution in [0.2, 0.25) is 0 Å². The molecule has 2 unspecified atom stereocenters. The van der Waals surface area contributed by atoms with Crippen molar-refractivity contribution in [3.8, 4) is 0 Å². The van der Waals surface area contributed by atoms with E-state index in [1.54, 1.807) is 0 Å². The van der Waals surface area contributed by atoms with E-state index in [2.05, 4.69) is 41.4 Å². The Kier molecular flexibility index (Phi) is 4.58. The molecule has 1 saturated heterocycles. The van der Waals surface area contributed by atoms with Gasteiger partial charge in [0.2, 0.25) is 0 Å². The van der Waals surface area contributed by atoms with Crippen LogP contribution < -0.4 is 5.32 Å². The van der Waals surface area contributed by atoms with Gasteiger partial charge in [0.1, 0.15) is 0 Å². The number of benzene rings is 1. The van der Waals surface area contributed by atoms with Crippen LogP contribution in [0.3, 0.4) is 0 Å². The molecule has 0 saturated carbocycles.